The number of nitrogens with two attached hydrogens (primary N) is 1. The molecule has 0 atom stereocenters. The van der Waals surface area contributed by atoms with Gasteiger partial charge in [0, 0.05) is 5.56 Å². The first-order valence-corrected chi connectivity index (χ1v) is 6.80. The van der Waals surface area contributed by atoms with Gasteiger partial charge in [-0.2, -0.15) is 0 Å². The van der Waals surface area contributed by atoms with Crippen LogP contribution in [0.2, 0.25) is 0 Å². The van der Waals surface area contributed by atoms with E-state index in [1.165, 1.54) is 7.11 Å². The molecule has 0 saturated heterocycles. The third kappa shape index (κ3) is 2.75. The summed E-state index contributed by atoms with van der Waals surface area (Å²) in [4.78, 5) is 12.8. The molecule has 2 rings (SSSR count). The van der Waals surface area contributed by atoms with Gasteiger partial charge in [-0.15, -0.1) is 5.10 Å². The second-order valence-electron chi connectivity index (χ2n) is 3.89. The number of carbonyl (C=O) groups is 1. The molecule has 0 saturated carbocycles. The maximum absolute atomic E-state index is 12.2. The van der Waals surface area contributed by atoms with E-state index in [1.54, 1.807) is 25.1 Å². The monoisotopic (exact) mass is 308 g/mol. The van der Waals surface area contributed by atoms with Crippen molar-refractivity contribution in [3.05, 3.63) is 34.3 Å². The van der Waals surface area contributed by atoms with E-state index in [-0.39, 0.29) is 10.9 Å². The highest BCUT2D eigenvalue weighted by molar-refractivity contribution is 7.80. The van der Waals surface area contributed by atoms with Crippen molar-refractivity contribution in [3.8, 4) is 5.75 Å². The number of rotatable bonds is 4. The number of aryl methyl sites for hydroxylation is 1. The number of carbonyl (C=O) groups excluding carboxylic acids is 1. The van der Waals surface area contributed by atoms with Crippen molar-refractivity contribution in [3.63, 3.8) is 0 Å². The van der Waals surface area contributed by atoms with Crippen molar-refractivity contribution < 1.29 is 9.53 Å². The third-order valence-corrected chi connectivity index (χ3v) is 3.65. The lowest BCUT2D eigenvalue weighted by Gasteiger charge is -2.13. The average Bonchev–Trinajstić information content (AvgIpc) is 2.85. The van der Waals surface area contributed by atoms with E-state index in [0.717, 1.165) is 11.5 Å². The number of anilines is 1. The quantitative estimate of drug-likeness (QED) is 0.836. The van der Waals surface area contributed by atoms with Gasteiger partial charge >= 0.3 is 0 Å². The highest BCUT2D eigenvalue weighted by Crippen LogP contribution is 2.29. The summed E-state index contributed by atoms with van der Waals surface area (Å²) in [5.41, 5.74) is 7.22. The van der Waals surface area contributed by atoms with E-state index >= 15 is 0 Å². The second-order valence-corrected chi connectivity index (χ2v) is 5.08. The van der Waals surface area contributed by atoms with Gasteiger partial charge in [0.1, 0.15) is 15.6 Å². The first kappa shape index (κ1) is 14.4. The van der Waals surface area contributed by atoms with Gasteiger partial charge in [-0.25, -0.2) is 0 Å². The fourth-order valence-corrected chi connectivity index (χ4v) is 2.37. The van der Waals surface area contributed by atoms with E-state index in [0.29, 0.717) is 27.6 Å². The Balaban J connectivity index is 2.40. The molecule has 1 aromatic heterocycles. The van der Waals surface area contributed by atoms with Gasteiger partial charge < -0.3 is 15.8 Å². The number of benzene rings is 1. The third-order valence-electron chi connectivity index (χ3n) is 2.61. The Kier molecular flexibility index (Phi) is 4.26. The number of methoxy groups -OCH3 is 1. The molecule has 0 aliphatic rings. The standard InChI is InChI=1S/C12H12N4O2S2/c1-6-10(20-16-15-6)12(17)14-9-7(11(13)19)4-3-5-8(9)18-2/h3-5H,1-2H3,(H2,13,19)(H,14,17). The maximum Gasteiger partial charge on any atom is 0.269 e. The summed E-state index contributed by atoms with van der Waals surface area (Å²) < 4.78 is 8.96. The number of thiocarbonyl (C=S) groups is 1. The second kappa shape index (κ2) is 5.93. The number of aromatic nitrogens is 2. The summed E-state index contributed by atoms with van der Waals surface area (Å²) in [6, 6.07) is 5.19. The van der Waals surface area contributed by atoms with Crippen LogP contribution in [-0.4, -0.2) is 27.6 Å². The van der Waals surface area contributed by atoms with Gasteiger partial charge in [0.05, 0.1) is 18.5 Å². The van der Waals surface area contributed by atoms with E-state index in [1.807, 2.05) is 0 Å². The molecular weight excluding hydrogens is 296 g/mol. The van der Waals surface area contributed by atoms with Gasteiger partial charge in [0.25, 0.3) is 5.91 Å². The van der Waals surface area contributed by atoms with Crippen LogP contribution in [0.15, 0.2) is 18.2 Å². The molecule has 104 valence electrons. The molecule has 20 heavy (non-hydrogen) atoms. The summed E-state index contributed by atoms with van der Waals surface area (Å²) in [7, 11) is 1.51. The molecule has 0 radical (unpaired) electrons. The van der Waals surface area contributed by atoms with Gasteiger partial charge in [0.15, 0.2) is 0 Å². The minimum atomic E-state index is -0.320. The molecule has 0 spiro atoms. The van der Waals surface area contributed by atoms with Crippen LogP contribution in [0.1, 0.15) is 20.9 Å². The first-order valence-electron chi connectivity index (χ1n) is 5.61. The van der Waals surface area contributed by atoms with Crippen molar-refractivity contribution in [2.45, 2.75) is 6.92 Å². The molecule has 2 aromatic rings. The highest BCUT2D eigenvalue weighted by Gasteiger charge is 2.18. The zero-order valence-electron chi connectivity index (χ0n) is 10.8. The maximum atomic E-state index is 12.2. The Labute approximate surface area is 125 Å². The molecule has 0 unspecified atom stereocenters. The minimum absolute atomic E-state index is 0.179. The van der Waals surface area contributed by atoms with E-state index in [2.05, 4.69) is 14.9 Å². The zero-order chi connectivity index (χ0) is 14.7. The SMILES string of the molecule is COc1cccc(C(N)=S)c1NC(=O)c1snnc1C. The van der Waals surface area contributed by atoms with Gasteiger partial charge in [-0.1, -0.05) is 22.8 Å². The Morgan fingerprint density at radius 1 is 1.50 bits per heavy atom. The summed E-state index contributed by atoms with van der Waals surface area (Å²) in [5, 5.41) is 6.56. The molecule has 0 bridgehead atoms. The number of para-hydroxylation sites is 1. The lowest BCUT2D eigenvalue weighted by Crippen LogP contribution is -2.18. The van der Waals surface area contributed by atoms with E-state index < -0.39 is 0 Å². The zero-order valence-corrected chi connectivity index (χ0v) is 12.5. The Morgan fingerprint density at radius 2 is 2.25 bits per heavy atom. The summed E-state index contributed by atoms with van der Waals surface area (Å²) in [6.45, 7) is 1.72. The van der Waals surface area contributed by atoms with Crippen LogP contribution >= 0.6 is 23.8 Å². The molecule has 0 aliphatic heterocycles. The molecule has 1 heterocycles. The predicted octanol–water partition coefficient (Wildman–Crippen LogP) is 1.74. The topological polar surface area (TPSA) is 90.1 Å². The van der Waals surface area contributed by atoms with E-state index in [4.69, 9.17) is 22.7 Å². The molecular formula is C12H12N4O2S2. The van der Waals surface area contributed by atoms with Gasteiger partial charge in [-0.05, 0) is 30.6 Å². The summed E-state index contributed by atoms with van der Waals surface area (Å²) in [6.07, 6.45) is 0. The lowest BCUT2D eigenvalue weighted by molar-refractivity contribution is 0.102. The molecule has 3 N–H and O–H groups in total. The average molecular weight is 308 g/mol. The fraction of sp³-hybridized carbons (Fsp3) is 0.167. The molecule has 1 aromatic carbocycles. The van der Waals surface area contributed by atoms with Gasteiger partial charge in [0.2, 0.25) is 0 Å². The molecule has 6 nitrogen and oxygen atoms in total. The minimum Gasteiger partial charge on any atom is -0.495 e. The molecule has 0 fully saturated rings. The van der Waals surface area contributed by atoms with Crippen LogP contribution in [0, 0.1) is 6.92 Å². The van der Waals surface area contributed by atoms with Crippen molar-refractivity contribution in [2.24, 2.45) is 5.73 Å². The van der Waals surface area contributed by atoms with Crippen LogP contribution in [-0.2, 0) is 0 Å². The fourth-order valence-electron chi connectivity index (χ4n) is 1.65. The Morgan fingerprint density at radius 3 is 2.80 bits per heavy atom. The normalized spacial score (nSPS) is 10.1. The highest BCUT2D eigenvalue weighted by atomic mass is 32.1. The molecule has 0 aliphatic carbocycles. The summed E-state index contributed by atoms with van der Waals surface area (Å²) >= 11 is 6.01. The number of nitrogens with zero attached hydrogens (tertiary/aromatic N) is 2. The number of amides is 1. The molecule has 1 amide bonds. The van der Waals surface area contributed by atoms with Crippen molar-refractivity contribution in [1.82, 2.24) is 9.59 Å². The van der Waals surface area contributed by atoms with Crippen LogP contribution in [0.4, 0.5) is 5.69 Å². The largest absolute Gasteiger partial charge is 0.495 e. The predicted molar refractivity (Wildman–Crippen MR) is 81.5 cm³/mol. The number of nitrogens with one attached hydrogen (secondary N) is 1. The van der Waals surface area contributed by atoms with Crippen LogP contribution in [0.5, 0.6) is 5.75 Å². The van der Waals surface area contributed by atoms with E-state index in [9.17, 15) is 4.79 Å². The van der Waals surface area contributed by atoms with Crippen molar-refractivity contribution in [1.29, 1.82) is 0 Å². The van der Waals surface area contributed by atoms with Crippen molar-refractivity contribution >= 4 is 40.3 Å². The first-order chi connectivity index (χ1) is 9.54. The van der Waals surface area contributed by atoms with Gasteiger partial charge in [-0.3, -0.25) is 4.79 Å². The number of ether oxygens (including phenoxy) is 1. The lowest BCUT2D eigenvalue weighted by atomic mass is 10.1. The van der Waals surface area contributed by atoms with Crippen LogP contribution in [0.25, 0.3) is 0 Å². The Hall–Kier alpha value is -2.06. The number of hydrogen-bond acceptors (Lipinski definition) is 6. The Bertz CT molecular complexity index is 669. The van der Waals surface area contributed by atoms with Crippen LogP contribution in [0.3, 0.4) is 0 Å². The molecule has 8 heteroatoms. The smallest absolute Gasteiger partial charge is 0.269 e. The van der Waals surface area contributed by atoms with Crippen molar-refractivity contribution in [2.75, 3.05) is 12.4 Å². The summed E-state index contributed by atoms with van der Waals surface area (Å²) in [5.74, 6) is 0.165. The van der Waals surface area contributed by atoms with Crippen LogP contribution < -0.4 is 15.8 Å². The number of hydrogen-bond donors (Lipinski definition) is 2.